The van der Waals surface area contributed by atoms with Crippen molar-refractivity contribution in [3.63, 3.8) is 0 Å². The van der Waals surface area contributed by atoms with Gasteiger partial charge in [0.2, 0.25) is 0 Å². The minimum absolute atomic E-state index is 0.178. The Bertz CT molecular complexity index is 1240. The Balaban J connectivity index is 1.70. The van der Waals surface area contributed by atoms with Crippen molar-refractivity contribution in [2.24, 2.45) is 4.74 Å². The quantitative estimate of drug-likeness (QED) is 0.353. The first-order chi connectivity index (χ1) is 15.3. The second-order valence-corrected chi connectivity index (χ2v) is 10.1. The standard InChI is InChI=1S/C26H20NO3P/c28-26(29-19-20-11-3-1-4-12-20)27-31(21-13-5-2-6-14-21)24-17-9-7-15-22(24)30-23-16-8-10-18-25(23)31/h1-18H,19H2. The smallest absolute Gasteiger partial charge is 0.433 e. The zero-order valence-electron chi connectivity index (χ0n) is 16.7. The lowest BCUT2D eigenvalue weighted by Crippen LogP contribution is -2.31. The summed E-state index contributed by atoms with van der Waals surface area (Å²) < 4.78 is 16.6. The molecule has 0 saturated carbocycles. The molecular formula is C26H20NO3P. The van der Waals surface area contributed by atoms with Crippen molar-refractivity contribution in [3.05, 3.63) is 115 Å². The third-order valence-corrected chi connectivity index (χ3v) is 8.86. The highest BCUT2D eigenvalue weighted by Gasteiger charge is 2.37. The highest BCUT2D eigenvalue weighted by atomic mass is 31.2. The number of hydrogen-bond donors (Lipinski definition) is 0. The molecule has 0 unspecified atom stereocenters. The molecule has 5 heteroatoms. The Morgan fingerprint density at radius 1 is 0.710 bits per heavy atom. The molecule has 4 aromatic carbocycles. The maximum atomic E-state index is 13.1. The van der Waals surface area contributed by atoms with Crippen LogP contribution >= 0.6 is 7.05 Å². The number of benzene rings is 4. The van der Waals surface area contributed by atoms with Crippen molar-refractivity contribution < 1.29 is 14.3 Å². The molecule has 1 amide bonds. The van der Waals surface area contributed by atoms with Gasteiger partial charge >= 0.3 is 6.09 Å². The highest BCUT2D eigenvalue weighted by molar-refractivity contribution is 7.88. The maximum absolute atomic E-state index is 13.1. The summed E-state index contributed by atoms with van der Waals surface area (Å²) in [5.74, 6) is 1.44. The molecule has 0 radical (unpaired) electrons. The molecule has 0 spiro atoms. The van der Waals surface area contributed by atoms with Crippen molar-refractivity contribution in [3.8, 4) is 11.5 Å². The van der Waals surface area contributed by atoms with Crippen LogP contribution in [-0.4, -0.2) is 6.09 Å². The lowest BCUT2D eigenvalue weighted by atomic mass is 10.2. The number of rotatable bonds is 3. The fourth-order valence-corrected chi connectivity index (χ4v) is 7.36. The Hall–Kier alpha value is -3.62. The van der Waals surface area contributed by atoms with Crippen molar-refractivity contribution in [1.82, 2.24) is 0 Å². The van der Waals surface area contributed by atoms with E-state index in [0.717, 1.165) is 33.0 Å². The van der Waals surface area contributed by atoms with Gasteiger partial charge in [0, 0.05) is 15.9 Å². The highest BCUT2D eigenvalue weighted by Crippen LogP contribution is 2.54. The van der Waals surface area contributed by atoms with Gasteiger partial charge in [-0.25, -0.2) is 4.79 Å². The van der Waals surface area contributed by atoms with Crippen LogP contribution in [0.25, 0.3) is 0 Å². The summed E-state index contributed by atoms with van der Waals surface area (Å²) >= 11 is 0. The molecule has 1 aliphatic rings. The molecule has 1 heterocycles. The topological polar surface area (TPSA) is 47.9 Å². The Morgan fingerprint density at radius 2 is 1.23 bits per heavy atom. The molecule has 0 atom stereocenters. The third kappa shape index (κ3) is 3.56. The Kier molecular flexibility index (Phi) is 5.15. The zero-order chi connectivity index (χ0) is 21.1. The first-order valence-corrected chi connectivity index (χ1v) is 11.8. The van der Waals surface area contributed by atoms with Crippen LogP contribution in [0.2, 0.25) is 0 Å². The predicted molar refractivity (Wildman–Crippen MR) is 124 cm³/mol. The normalized spacial score (nSPS) is 13.3. The molecule has 4 nitrogen and oxygen atoms in total. The van der Waals surface area contributed by atoms with Gasteiger partial charge in [-0.05, 0) is 29.8 Å². The third-order valence-electron chi connectivity index (χ3n) is 5.21. The van der Waals surface area contributed by atoms with E-state index >= 15 is 0 Å². The number of fused-ring (bicyclic) bond motifs is 2. The average Bonchev–Trinajstić information content (AvgIpc) is 2.84. The summed E-state index contributed by atoms with van der Waals surface area (Å²) in [7, 11) is -2.67. The van der Waals surface area contributed by atoms with Crippen LogP contribution in [0.3, 0.4) is 0 Å². The zero-order valence-corrected chi connectivity index (χ0v) is 17.6. The monoisotopic (exact) mass is 425 g/mol. The van der Waals surface area contributed by atoms with E-state index in [4.69, 9.17) is 14.2 Å². The van der Waals surface area contributed by atoms with Crippen molar-refractivity contribution in [2.75, 3.05) is 0 Å². The molecule has 0 N–H and O–H groups in total. The van der Waals surface area contributed by atoms with Gasteiger partial charge in [0.1, 0.15) is 18.1 Å². The van der Waals surface area contributed by atoms with E-state index in [1.54, 1.807) is 0 Å². The fraction of sp³-hybridized carbons (Fsp3) is 0.0385. The number of carbonyl (C=O) groups excluding carboxylic acids is 1. The molecular weight excluding hydrogens is 405 g/mol. The molecule has 31 heavy (non-hydrogen) atoms. The molecule has 1 aliphatic heterocycles. The van der Waals surface area contributed by atoms with Crippen LogP contribution in [0.15, 0.2) is 114 Å². The van der Waals surface area contributed by atoms with Gasteiger partial charge in [0.05, 0.1) is 7.05 Å². The SMILES string of the molecule is O=C(N=P1(c2ccccc2)c2ccccc2Oc2ccccc21)OCc1ccccc1. The van der Waals surface area contributed by atoms with E-state index in [1.165, 1.54) is 0 Å². The minimum Gasteiger partial charge on any atom is -0.456 e. The average molecular weight is 425 g/mol. The number of hydrogen-bond acceptors (Lipinski definition) is 3. The molecule has 5 rings (SSSR count). The van der Waals surface area contributed by atoms with Crippen molar-refractivity contribution in [1.29, 1.82) is 0 Å². The van der Waals surface area contributed by atoms with Crippen LogP contribution in [0.1, 0.15) is 5.56 Å². The van der Waals surface area contributed by atoms with E-state index < -0.39 is 13.1 Å². The minimum atomic E-state index is -2.67. The van der Waals surface area contributed by atoms with E-state index in [-0.39, 0.29) is 6.61 Å². The molecule has 0 saturated heterocycles. The summed E-state index contributed by atoms with van der Waals surface area (Å²) in [6.07, 6.45) is -0.576. The lowest BCUT2D eigenvalue weighted by Gasteiger charge is -2.33. The Morgan fingerprint density at radius 3 is 1.84 bits per heavy atom. The molecule has 0 aliphatic carbocycles. The van der Waals surface area contributed by atoms with E-state index in [0.29, 0.717) is 0 Å². The van der Waals surface area contributed by atoms with Crippen LogP contribution < -0.4 is 20.7 Å². The summed E-state index contributed by atoms with van der Waals surface area (Å²) in [6, 6.07) is 35.2. The summed E-state index contributed by atoms with van der Waals surface area (Å²) in [5, 5.41) is 2.81. The first-order valence-electron chi connectivity index (χ1n) is 10.0. The van der Waals surface area contributed by atoms with E-state index in [2.05, 4.69) is 0 Å². The number of amides is 1. The summed E-state index contributed by atoms with van der Waals surface area (Å²) in [6.45, 7) is 0.178. The van der Waals surface area contributed by atoms with Gasteiger partial charge in [-0.15, -0.1) is 0 Å². The second kappa shape index (κ2) is 8.25. The number of carbonyl (C=O) groups is 1. The van der Waals surface area contributed by atoms with Gasteiger partial charge in [-0.2, -0.15) is 4.74 Å². The van der Waals surface area contributed by atoms with Crippen LogP contribution in [0.5, 0.6) is 11.5 Å². The van der Waals surface area contributed by atoms with E-state index in [9.17, 15) is 4.79 Å². The van der Waals surface area contributed by atoms with Crippen molar-refractivity contribution >= 4 is 29.1 Å². The molecule has 0 fully saturated rings. The molecule has 152 valence electrons. The second-order valence-electron chi connectivity index (χ2n) is 7.15. The fourth-order valence-electron chi connectivity index (χ4n) is 3.83. The van der Waals surface area contributed by atoms with Gasteiger partial charge < -0.3 is 9.47 Å². The van der Waals surface area contributed by atoms with Gasteiger partial charge in [-0.1, -0.05) is 84.9 Å². The first kappa shape index (κ1) is 19.3. The molecule has 0 bridgehead atoms. The predicted octanol–water partition coefficient (Wildman–Crippen LogP) is 5.61. The van der Waals surface area contributed by atoms with Crippen LogP contribution in [0, 0.1) is 0 Å². The Labute approximate surface area is 181 Å². The van der Waals surface area contributed by atoms with Gasteiger partial charge in [-0.3, -0.25) is 0 Å². The molecule has 4 aromatic rings. The summed E-state index contributed by atoms with van der Waals surface area (Å²) in [4.78, 5) is 13.1. The lowest BCUT2D eigenvalue weighted by molar-refractivity contribution is 0.151. The van der Waals surface area contributed by atoms with Gasteiger partial charge in [0.15, 0.2) is 0 Å². The number of para-hydroxylation sites is 2. The summed E-state index contributed by atoms with van der Waals surface area (Å²) in [5.41, 5.74) is 0.922. The maximum Gasteiger partial charge on any atom is 0.433 e. The largest absolute Gasteiger partial charge is 0.456 e. The number of ether oxygens (including phenoxy) is 2. The van der Waals surface area contributed by atoms with Crippen LogP contribution in [0.4, 0.5) is 4.79 Å². The van der Waals surface area contributed by atoms with E-state index in [1.807, 2.05) is 109 Å². The number of nitrogens with zero attached hydrogens (tertiary/aromatic N) is 1. The van der Waals surface area contributed by atoms with Crippen molar-refractivity contribution in [2.45, 2.75) is 6.61 Å². The molecule has 0 aromatic heterocycles. The van der Waals surface area contributed by atoms with Gasteiger partial charge in [0.25, 0.3) is 0 Å². The van der Waals surface area contributed by atoms with Crippen LogP contribution in [-0.2, 0) is 11.3 Å².